The van der Waals surface area contributed by atoms with Gasteiger partial charge in [-0.1, -0.05) is 12.8 Å². The zero-order valence-electron chi connectivity index (χ0n) is 13.6. The topological polar surface area (TPSA) is 47.7 Å². The van der Waals surface area contributed by atoms with Gasteiger partial charge in [0.25, 0.3) is 0 Å². The highest BCUT2D eigenvalue weighted by atomic mass is 35.5. The van der Waals surface area contributed by atoms with Crippen LogP contribution in [0.1, 0.15) is 62.9 Å². The summed E-state index contributed by atoms with van der Waals surface area (Å²) in [7, 11) is 0. The molecule has 0 atom stereocenters. The van der Waals surface area contributed by atoms with Crippen molar-refractivity contribution in [1.82, 2.24) is 19.6 Å². The van der Waals surface area contributed by atoms with Crippen molar-refractivity contribution in [2.75, 3.05) is 5.32 Å². The van der Waals surface area contributed by atoms with Crippen molar-refractivity contribution in [2.24, 2.45) is 0 Å². The fourth-order valence-electron chi connectivity index (χ4n) is 3.10. The normalized spacial score (nSPS) is 15.3. The first-order chi connectivity index (χ1) is 10.1. The van der Waals surface area contributed by atoms with Crippen molar-refractivity contribution in [3.05, 3.63) is 29.7 Å². The predicted octanol–water partition coefficient (Wildman–Crippen LogP) is 4.12. The summed E-state index contributed by atoms with van der Waals surface area (Å²) < 4.78 is 4.19. The molecule has 0 amide bonds. The van der Waals surface area contributed by atoms with E-state index in [9.17, 15) is 0 Å². The van der Waals surface area contributed by atoms with E-state index in [1.807, 2.05) is 16.9 Å². The number of anilines is 1. The maximum absolute atomic E-state index is 4.70. The SMILES string of the molecule is Cc1nn(C2CCCC2)cc1CNc1ccnn1C(C)C.Cl. The lowest BCUT2D eigenvalue weighted by Gasteiger charge is -2.12. The Kier molecular flexibility index (Phi) is 5.51. The second kappa shape index (κ2) is 7.18. The molecule has 3 rings (SSSR count). The van der Waals surface area contributed by atoms with E-state index in [1.165, 1.54) is 31.2 Å². The van der Waals surface area contributed by atoms with Crippen LogP contribution in [-0.4, -0.2) is 19.6 Å². The Morgan fingerprint density at radius 2 is 2.05 bits per heavy atom. The molecule has 22 heavy (non-hydrogen) atoms. The molecule has 0 spiro atoms. The molecule has 0 aromatic carbocycles. The summed E-state index contributed by atoms with van der Waals surface area (Å²) in [6.45, 7) is 7.18. The van der Waals surface area contributed by atoms with Gasteiger partial charge in [-0.05, 0) is 33.6 Å². The molecule has 2 aromatic rings. The number of hydrogen-bond acceptors (Lipinski definition) is 3. The van der Waals surface area contributed by atoms with Crippen molar-refractivity contribution < 1.29 is 0 Å². The van der Waals surface area contributed by atoms with E-state index in [0.29, 0.717) is 12.1 Å². The van der Waals surface area contributed by atoms with Crippen LogP contribution in [0.2, 0.25) is 0 Å². The lowest BCUT2D eigenvalue weighted by atomic mass is 10.2. The molecule has 1 aliphatic carbocycles. The molecule has 2 aromatic heterocycles. The molecular weight excluding hydrogens is 298 g/mol. The van der Waals surface area contributed by atoms with Crippen LogP contribution in [0.5, 0.6) is 0 Å². The minimum atomic E-state index is 0. The van der Waals surface area contributed by atoms with E-state index in [-0.39, 0.29) is 12.4 Å². The van der Waals surface area contributed by atoms with Crippen LogP contribution in [0.3, 0.4) is 0 Å². The number of nitrogens with zero attached hydrogens (tertiary/aromatic N) is 4. The summed E-state index contributed by atoms with van der Waals surface area (Å²) in [6.07, 6.45) is 9.28. The molecule has 0 saturated heterocycles. The number of aryl methyl sites for hydroxylation is 1. The Balaban J connectivity index is 0.00000176. The first-order valence-electron chi connectivity index (χ1n) is 7.97. The second-order valence-electron chi connectivity index (χ2n) is 6.27. The van der Waals surface area contributed by atoms with E-state index in [0.717, 1.165) is 18.1 Å². The molecule has 1 N–H and O–H groups in total. The van der Waals surface area contributed by atoms with E-state index >= 15 is 0 Å². The van der Waals surface area contributed by atoms with Crippen LogP contribution in [-0.2, 0) is 6.54 Å². The minimum absolute atomic E-state index is 0. The third-order valence-corrected chi connectivity index (χ3v) is 4.34. The zero-order chi connectivity index (χ0) is 14.8. The van der Waals surface area contributed by atoms with Gasteiger partial charge in [-0.15, -0.1) is 12.4 Å². The van der Waals surface area contributed by atoms with E-state index in [4.69, 9.17) is 5.10 Å². The molecule has 122 valence electrons. The van der Waals surface area contributed by atoms with Gasteiger partial charge in [-0.25, -0.2) is 4.68 Å². The first kappa shape index (κ1) is 16.9. The third kappa shape index (κ3) is 3.46. The van der Waals surface area contributed by atoms with Crippen LogP contribution in [0, 0.1) is 6.92 Å². The molecule has 5 nitrogen and oxygen atoms in total. The summed E-state index contributed by atoms with van der Waals surface area (Å²) in [4.78, 5) is 0. The van der Waals surface area contributed by atoms with Crippen molar-refractivity contribution in [3.8, 4) is 0 Å². The number of nitrogens with one attached hydrogen (secondary N) is 1. The highest BCUT2D eigenvalue weighted by Gasteiger charge is 2.18. The number of aromatic nitrogens is 4. The summed E-state index contributed by atoms with van der Waals surface area (Å²) >= 11 is 0. The lowest BCUT2D eigenvalue weighted by molar-refractivity contribution is 0.464. The smallest absolute Gasteiger partial charge is 0.124 e. The Labute approximate surface area is 138 Å². The van der Waals surface area contributed by atoms with Crippen LogP contribution in [0.15, 0.2) is 18.5 Å². The summed E-state index contributed by atoms with van der Waals surface area (Å²) in [5.41, 5.74) is 2.41. The third-order valence-electron chi connectivity index (χ3n) is 4.34. The van der Waals surface area contributed by atoms with Gasteiger partial charge in [0.2, 0.25) is 0 Å². The molecule has 6 heteroatoms. The van der Waals surface area contributed by atoms with Gasteiger partial charge >= 0.3 is 0 Å². The summed E-state index contributed by atoms with van der Waals surface area (Å²) in [5, 5.41) is 12.5. The lowest BCUT2D eigenvalue weighted by Crippen LogP contribution is -2.10. The predicted molar refractivity (Wildman–Crippen MR) is 91.7 cm³/mol. The van der Waals surface area contributed by atoms with Crippen LogP contribution < -0.4 is 5.32 Å². The van der Waals surface area contributed by atoms with Crippen LogP contribution >= 0.6 is 12.4 Å². The second-order valence-corrected chi connectivity index (χ2v) is 6.27. The van der Waals surface area contributed by atoms with Gasteiger partial charge in [-0.3, -0.25) is 4.68 Å². The van der Waals surface area contributed by atoms with Crippen molar-refractivity contribution in [2.45, 2.75) is 65.1 Å². The molecule has 1 saturated carbocycles. The fraction of sp³-hybridized carbons (Fsp3) is 0.625. The average molecular weight is 324 g/mol. The van der Waals surface area contributed by atoms with Gasteiger partial charge < -0.3 is 5.32 Å². The van der Waals surface area contributed by atoms with E-state index in [2.05, 4.69) is 42.1 Å². The molecule has 0 bridgehead atoms. The quantitative estimate of drug-likeness (QED) is 0.900. The van der Waals surface area contributed by atoms with Gasteiger partial charge in [-0.2, -0.15) is 10.2 Å². The molecule has 0 radical (unpaired) electrons. The average Bonchev–Trinajstić information content (AvgIpc) is 3.17. The Morgan fingerprint density at radius 1 is 1.32 bits per heavy atom. The van der Waals surface area contributed by atoms with Crippen molar-refractivity contribution >= 4 is 18.2 Å². The van der Waals surface area contributed by atoms with Crippen molar-refractivity contribution in [3.63, 3.8) is 0 Å². The standard InChI is InChI=1S/C16H25N5.ClH/c1-12(2)21-16(8-9-18-21)17-10-14-11-20(19-13(14)3)15-6-4-5-7-15;/h8-9,11-12,15,17H,4-7,10H2,1-3H3;1H. The zero-order valence-corrected chi connectivity index (χ0v) is 14.4. The number of rotatable bonds is 5. The molecule has 2 heterocycles. The highest BCUT2D eigenvalue weighted by Crippen LogP contribution is 2.29. The van der Waals surface area contributed by atoms with Gasteiger partial charge in [0.05, 0.1) is 17.9 Å². The van der Waals surface area contributed by atoms with Gasteiger partial charge in [0, 0.05) is 30.4 Å². The van der Waals surface area contributed by atoms with Gasteiger partial charge in [0.15, 0.2) is 0 Å². The maximum atomic E-state index is 4.70. The van der Waals surface area contributed by atoms with Crippen molar-refractivity contribution in [1.29, 1.82) is 0 Å². The largest absolute Gasteiger partial charge is 0.366 e. The Morgan fingerprint density at radius 3 is 2.73 bits per heavy atom. The molecular formula is C16H26ClN5. The molecule has 1 aliphatic rings. The fourth-order valence-corrected chi connectivity index (χ4v) is 3.10. The van der Waals surface area contributed by atoms with E-state index in [1.54, 1.807) is 0 Å². The molecule has 0 unspecified atom stereocenters. The molecule has 0 aliphatic heterocycles. The number of halogens is 1. The van der Waals surface area contributed by atoms with Crippen LogP contribution in [0.25, 0.3) is 0 Å². The number of hydrogen-bond donors (Lipinski definition) is 1. The molecule has 1 fully saturated rings. The minimum Gasteiger partial charge on any atom is -0.366 e. The first-order valence-corrected chi connectivity index (χ1v) is 7.97. The van der Waals surface area contributed by atoms with E-state index < -0.39 is 0 Å². The van der Waals surface area contributed by atoms with Gasteiger partial charge in [0.1, 0.15) is 5.82 Å². The van der Waals surface area contributed by atoms with Crippen LogP contribution in [0.4, 0.5) is 5.82 Å². The maximum Gasteiger partial charge on any atom is 0.124 e. The Hall–Kier alpha value is -1.49. The highest BCUT2D eigenvalue weighted by molar-refractivity contribution is 5.85. The summed E-state index contributed by atoms with van der Waals surface area (Å²) in [5.74, 6) is 1.07. The Bertz CT molecular complexity index is 595. The monoisotopic (exact) mass is 323 g/mol. The summed E-state index contributed by atoms with van der Waals surface area (Å²) in [6, 6.07) is 3.00.